The molecule has 0 aliphatic heterocycles. The van der Waals surface area contributed by atoms with Crippen LogP contribution in [0.3, 0.4) is 0 Å². The summed E-state index contributed by atoms with van der Waals surface area (Å²) < 4.78 is 27.2. The Hall–Kier alpha value is -1.69. The van der Waals surface area contributed by atoms with E-state index in [2.05, 4.69) is 4.72 Å². The Labute approximate surface area is 137 Å². The zero-order valence-corrected chi connectivity index (χ0v) is 13.7. The molecule has 0 heterocycles. The molecule has 2 aromatic rings. The standard InChI is InChI=1S/C18H21NO3S/c20-17(11-14-5-2-1-3-6-14)13-19-23(21,22)18-10-9-15-7-4-8-16(15)12-18/h1-3,5-6,9-10,12,17,19-20H,4,7-8,11,13H2. The fourth-order valence-corrected chi connectivity index (χ4v) is 4.09. The highest BCUT2D eigenvalue weighted by Gasteiger charge is 2.19. The zero-order chi connectivity index (χ0) is 16.3. The second-order valence-electron chi connectivity index (χ2n) is 5.98. The van der Waals surface area contributed by atoms with Gasteiger partial charge in [0, 0.05) is 6.54 Å². The van der Waals surface area contributed by atoms with Crippen molar-refractivity contribution in [2.45, 2.75) is 36.7 Å². The van der Waals surface area contributed by atoms with E-state index in [0.29, 0.717) is 6.42 Å². The van der Waals surface area contributed by atoms with Crippen LogP contribution < -0.4 is 4.72 Å². The normalized spacial score (nSPS) is 15.3. The average Bonchev–Trinajstić information content (AvgIpc) is 3.02. The van der Waals surface area contributed by atoms with E-state index in [0.717, 1.165) is 30.4 Å². The summed E-state index contributed by atoms with van der Waals surface area (Å²) >= 11 is 0. The molecule has 0 saturated heterocycles. The highest BCUT2D eigenvalue weighted by atomic mass is 32.2. The summed E-state index contributed by atoms with van der Waals surface area (Å²) in [6.45, 7) is 0.00825. The van der Waals surface area contributed by atoms with Gasteiger partial charge in [-0.1, -0.05) is 36.4 Å². The van der Waals surface area contributed by atoms with Gasteiger partial charge >= 0.3 is 0 Å². The second-order valence-corrected chi connectivity index (χ2v) is 7.75. The summed E-state index contributed by atoms with van der Waals surface area (Å²) in [5, 5.41) is 10.0. The molecule has 2 aromatic carbocycles. The van der Waals surface area contributed by atoms with E-state index in [-0.39, 0.29) is 11.4 Å². The van der Waals surface area contributed by atoms with Crippen LogP contribution in [-0.2, 0) is 29.3 Å². The van der Waals surface area contributed by atoms with Gasteiger partial charge in [0.05, 0.1) is 11.0 Å². The fourth-order valence-electron chi connectivity index (χ4n) is 2.96. The molecule has 5 heteroatoms. The van der Waals surface area contributed by atoms with Crippen molar-refractivity contribution in [3.8, 4) is 0 Å². The Bertz CT molecular complexity index is 772. The van der Waals surface area contributed by atoms with Crippen LogP contribution in [0.5, 0.6) is 0 Å². The van der Waals surface area contributed by atoms with E-state index in [4.69, 9.17) is 0 Å². The second kappa shape index (κ2) is 6.83. The molecule has 0 radical (unpaired) electrons. The van der Waals surface area contributed by atoms with Crippen molar-refractivity contribution in [3.63, 3.8) is 0 Å². The quantitative estimate of drug-likeness (QED) is 0.851. The Morgan fingerprint density at radius 1 is 1.04 bits per heavy atom. The first-order valence-corrected chi connectivity index (χ1v) is 9.36. The SMILES string of the molecule is O=S(=O)(NCC(O)Cc1ccccc1)c1ccc2c(c1)CCC2. The van der Waals surface area contributed by atoms with Crippen molar-refractivity contribution >= 4 is 10.0 Å². The summed E-state index contributed by atoms with van der Waals surface area (Å²) in [6, 6.07) is 14.8. The Kier molecular flexibility index (Phi) is 4.80. The molecule has 3 rings (SSSR count). The summed E-state index contributed by atoms with van der Waals surface area (Å²) in [5.74, 6) is 0. The van der Waals surface area contributed by atoms with Crippen LogP contribution in [0.4, 0.5) is 0 Å². The minimum atomic E-state index is -3.58. The maximum Gasteiger partial charge on any atom is 0.240 e. The minimum Gasteiger partial charge on any atom is -0.391 e. The highest BCUT2D eigenvalue weighted by Crippen LogP contribution is 2.24. The molecule has 0 aromatic heterocycles. The van der Waals surface area contributed by atoms with Crippen LogP contribution >= 0.6 is 0 Å². The minimum absolute atomic E-state index is 0.00825. The molecule has 0 saturated carbocycles. The van der Waals surface area contributed by atoms with Crippen molar-refractivity contribution in [2.75, 3.05) is 6.54 Å². The number of nitrogens with one attached hydrogen (secondary N) is 1. The number of aliphatic hydroxyl groups is 1. The van der Waals surface area contributed by atoms with Crippen molar-refractivity contribution in [1.82, 2.24) is 4.72 Å². The molecule has 1 aliphatic rings. The van der Waals surface area contributed by atoms with Crippen LogP contribution in [0, 0.1) is 0 Å². The fraction of sp³-hybridized carbons (Fsp3) is 0.333. The molecule has 0 bridgehead atoms. The molecular formula is C18H21NO3S. The molecular weight excluding hydrogens is 310 g/mol. The summed E-state index contributed by atoms with van der Waals surface area (Å²) in [4.78, 5) is 0.282. The highest BCUT2D eigenvalue weighted by molar-refractivity contribution is 7.89. The van der Waals surface area contributed by atoms with Crippen LogP contribution in [0.2, 0.25) is 0 Å². The van der Waals surface area contributed by atoms with Gasteiger partial charge in [-0.2, -0.15) is 0 Å². The molecule has 1 aliphatic carbocycles. The van der Waals surface area contributed by atoms with Gasteiger partial charge in [0.2, 0.25) is 10.0 Å². The molecule has 0 fully saturated rings. The van der Waals surface area contributed by atoms with Gasteiger partial charge in [0.15, 0.2) is 0 Å². The number of hydrogen-bond acceptors (Lipinski definition) is 3. The van der Waals surface area contributed by atoms with E-state index in [1.54, 1.807) is 12.1 Å². The van der Waals surface area contributed by atoms with Gasteiger partial charge in [-0.05, 0) is 54.5 Å². The van der Waals surface area contributed by atoms with Crippen LogP contribution in [0.1, 0.15) is 23.1 Å². The third-order valence-corrected chi connectivity index (χ3v) is 5.62. The summed E-state index contributed by atoms with van der Waals surface area (Å²) in [5.41, 5.74) is 3.35. The Morgan fingerprint density at radius 3 is 2.57 bits per heavy atom. The number of fused-ring (bicyclic) bond motifs is 1. The topological polar surface area (TPSA) is 66.4 Å². The third kappa shape index (κ3) is 3.99. The molecule has 0 amide bonds. The van der Waals surface area contributed by atoms with Gasteiger partial charge in [-0.3, -0.25) is 0 Å². The van der Waals surface area contributed by atoms with E-state index >= 15 is 0 Å². The predicted octanol–water partition coefficient (Wildman–Crippen LogP) is 2.06. The Balaban J connectivity index is 1.62. The summed E-state index contributed by atoms with van der Waals surface area (Å²) in [7, 11) is -3.58. The smallest absolute Gasteiger partial charge is 0.240 e. The maximum atomic E-state index is 12.4. The maximum absolute atomic E-state index is 12.4. The number of sulfonamides is 1. The van der Waals surface area contributed by atoms with E-state index in [1.807, 2.05) is 36.4 Å². The lowest BCUT2D eigenvalue weighted by Crippen LogP contribution is -2.33. The largest absolute Gasteiger partial charge is 0.391 e. The predicted molar refractivity (Wildman–Crippen MR) is 89.8 cm³/mol. The first kappa shape index (κ1) is 16.2. The van der Waals surface area contributed by atoms with E-state index in [9.17, 15) is 13.5 Å². The van der Waals surface area contributed by atoms with Gasteiger partial charge in [0.25, 0.3) is 0 Å². The van der Waals surface area contributed by atoms with Crippen molar-refractivity contribution in [3.05, 3.63) is 65.2 Å². The van der Waals surface area contributed by atoms with Gasteiger partial charge in [0.1, 0.15) is 0 Å². The van der Waals surface area contributed by atoms with Crippen molar-refractivity contribution in [1.29, 1.82) is 0 Å². The lowest BCUT2D eigenvalue weighted by molar-refractivity contribution is 0.179. The van der Waals surface area contributed by atoms with Gasteiger partial charge < -0.3 is 5.11 Å². The number of benzene rings is 2. The van der Waals surface area contributed by atoms with Crippen molar-refractivity contribution < 1.29 is 13.5 Å². The molecule has 2 N–H and O–H groups in total. The van der Waals surface area contributed by atoms with Crippen LogP contribution in [0.25, 0.3) is 0 Å². The lowest BCUT2D eigenvalue weighted by Gasteiger charge is -2.13. The number of rotatable bonds is 6. The third-order valence-electron chi connectivity index (χ3n) is 4.20. The number of hydrogen-bond donors (Lipinski definition) is 2. The number of aliphatic hydroxyl groups excluding tert-OH is 1. The lowest BCUT2D eigenvalue weighted by atomic mass is 10.1. The first-order chi connectivity index (χ1) is 11.0. The monoisotopic (exact) mass is 331 g/mol. The van der Waals surface area contributed by atoms with Crippen molar-refractivity contribution in [2.24, 2.45) is 0 Å². The number of aryl methyl sites for hydroxylation is 2. The average molecular weight is 331 g/mol. The molecule has 0 spiro atoms. The summed E-state index contributed by atoms with van der Waals surface area (Å²) in [6.07, 6.45) is 2.73. The van der Waals surface area contributed by atoms with Crippen LogP contribution in [-0.4, -0.2) is 26.2 Å². The molecule has 1 unspecified atom stereocenters. The van der Waals surface area contributed by atoms with E-state index in [1.165, 1.54) is 5.56 Å². The molecule has 23 heavy (non-hydrogen) atoms. The molecule has 122 valence electrons. The zero-order valence-electron chi connectivity index (χ0n) is 12.9. The van der Waals surface area contributed by atoms with Crippen LogP contribution in [0.15, 0.2) is 53.4 Å². The van der Waals surface area contributed by atoms with E-state index < -0.39 is 16.1 Å². The van der Waals surface area contributed by atoms with Gasteiger partial charge in [-0.15, -0.1) is 0 Å². The first-order valence-electron chi connectivity index (χ1n) is 7.88. The van der Waals surface area contributed by atoms with Gasteiger partial charge in [-0.25, -0.2) is 13.1 Å². The molecule has 4 nitrogen and oxygen atoms in total. The Morgan fingerprint density at radius 2 is 1.78 bits per heavy atom. The molecule has 1 atom stereocenters.